The molecule has 0 amide bonds. The highest BCUT2D eigenvalue weighted by molar-refractivity contribution is 5.90. The summed E-state index contributed by atoms with van der Waals surface area (Å²) >= 11 is 0. The van der Waals surface area contributed by atoms with Crippen LogP contribution in [0.25, 0.3) is 5.69 Å². The lowest BCUT2D eigenvalue weighted by Crippen LogP contribution is -2.08. The summed E-state index contributed by atoms with van der Waals surface area (Å²) < 4.78 is 43.8. The summed E-state index contributed by atoms with van der Waals surface area (Å²) in [6.07, 6.45) is -3.04. The first-order valence-corrected chi connectivity index (χ1v) is 6.24. The van der Waals surface area contributed by atoms with Gasteiger partial charge in [0.05, 0.1) is 29.7 Å². The number of halogens is 3. The number of aromatic nitrogens is 2. The van der Waals surface area contributed by atoms with E-state index in [9.17, 15) is 18.0 Å². The number of hydrogen-bond donors (Lipinski definition) is 0. The van der Waals surface area contributed by atoms with Crippen LogP contribution in [0.4, 0.5) is 13.2 Å². The Balaban J connectivity index is 2.33. The molecule has 0 spiro atoms. The zero-order valence-electron chi connectivity index (χ0n) is 11.4. The number of hydrogen-bond acceptors (Lipinski definition) is 3. The first-order chi connectivity index (χ1) is 9.84. The molecular weight excluding hydrogens is 285 g/mol. The summed E-state index contributed by atoms with van der Waals surface area (Å²) in [6.45, 7) is 3.58. The Hall–Kier alpha value is -2.31. The first-order valence-electron chi connectivity index (χ1n) is 6.24. The topological polar surface area (TPSA) is 44.1 Å². The SMILES string of the molecule is CCOC(=O)c1cnn(-c2ccc(C(F)(F)F)cc2)c1C. The molecule has 0 atom stereocenters. The highest BCUT2D eigenvalue weighted by atomic mass is 19.4. The van der Waals surface area contributed by atoms with Gasteiger partial charge in [-0.3, -0.25) is 0 Å². The lowest BCUT2D eigenvalue weighted by Gasteiger charge is -2.09. The molecule has 7 heteroatoms. The van der Waals surface area contributed by atoms with E-state index in [-0.39, 0.29) is 12.2 Å². The van der Waals surface area contributed by atoms with Crippen molar-refractivity contribution in [3.05, 3.63) is 47.3 Å². The first kappa shape index (κ1) is 15.1. The monoisotopic (exact) mass is 298 g/mol. The summed E-state index contributed by atoms with van der Waals surface area (Å²) in [5.74, 6) is -0.506. The van der Waals surface area contributed by atoms with E-state index < -0.39 is 17.7 Å². The van der Waals surface area contributed by atoms with Gasteiger partial charge < -0.3 is 4.74 Å². The van der Waals surface area contributed by atoms with Gasteiger partial charge >= 0.3 is 12.1 Å². The number of benzene rings is 1. The zero-order valence-corrected chi connectivity index (χ0v) is 11.4. The van der Waals surface area contributed by atoms with Crippen LogP contribution in [-0.2, 0) is 10.9 Å². The van der Waals surface area contributed by atoms with E-state index in [0.717, 1.165) is 12.1 Å². The number of nitrogens with zero attached hydrogens (tertiary/aromatic N) is 2. The largest absolute Gasteiger partial charge is 0.462 e. The Bertz CT molecular complexity index is 645. The minimum absolute atomic E-state index is 0.240. The predicted molar refractivity (Wildman–Crippen MR) is 69.3 cm³/mol. The molecule has 2 aromatic rings. The van der Waals surface area contributed by atoms with E-state index in [2.05, 4.69) is 5.10 Å². The molecule has 0 bridgehead atoms. The normalized spacial score (nSPS) is 11.5. The lowest BCUT2D eigenvalue weighted by molar-refractivity contribution is -0.137. The van der Waals surface area contributed by atoms with Crippen molar-refractivity contribution >= 4 is 5.97 Å². The molecule has 0 aliphatic rings. The number of rotatable bonds is 3. The third-order valence-electron chi connectivity index (χ3n) is 2.94. The predicted octanol–water partition coefficient (Wildman–Crippen LogP) is 3.38. The molecule has 112 valence electrons. The average Bonchev–Trinajstić information content (AvgIpc) is 2.80. The molecule has 0 fully saturated rings. The van der Waals surface area contributed by atoms with Crippen molar-refractivity contribution in [1.82, 2.24) is 9.78 Å². The molecule has 1 aromatic heterocycles. The maximum atomic E-state index is 12.5. The maximum Gasteiger partial charge on any atom is 0.416 e. The summed E-state index contributed by atoms with van der Waals surface area (Å²) in [6, 6.07) is 4.55. The average molecular weight is 298 g/mol. The molecule has 0 N–H and O–H groups in total. The Kier molecular flexibility index (Phi) is 4.02. The van der Waals surface area contributed by atoms with Crippen molar-refractivity contribution in [2.24, 2.45) is 0 Å². The second kappa shape index (κ2) is 5.59. The summed E-state index contributed by atoms with van der Waals surface area (Å²) in [5.41, 5.74) is 0.502. The van der Waals surface area contributed by atoms with Crippen molar-refractivity contribution < 1.29 is 22.7 Å². The van der Waals surface area contributed by atoms with Crippen LogP contribution in [0.3, 0.4) is 0 Å². The third kappa shape index (κ3) is 3.07. The van der Waals surface area contributed by atoms with Gasteiger partial charge in [0.1, 0.15) is 5.56 Å². The molecule has 0 saturated heterocycles. The van der Waals surface area contributed by atoms with E-state index >= 15 is 0 Å². The molecule has 21 heavy (non-hydrogen) atoms. The highest BCUT2D eigenvalue weighted by Gasteiger charge is 2.30. The number of esters is 1. The van der Waals surface area contributed by atoms with Crippen molar-refractivity contribution in [2.45, 2.75) is 20.0 Å². The quantitative estimate of drug-likeness (QED) is 0.816. The smallest absolute Gasteiger partial charge is 0.416 e. The van der Waals surface area contributed by atoms with Crippen LogP contribution in [-0.4, -0.2) is 22.4 Å². The van der Waals surface area contributed by atoms with Crippen molar-refractivity contribution in [3.8, 4) is 5.69 Å². The van der Waals surface area contributed by atoms with Gasteiger partial charge in [-0.1, -0.05) is 0 Å². The summed E-state index contributed by atoms with van der Waals surface area (Å²) in [7, 11) is 0. The van der Waals surface area contributed by atoms with E-state index in [1.165, 1.54) is 23.0 Å². The van der Waals surface area contributed by atoms with Crippen LogP contribution in [0.15, 0.2) is 30.5 Å². The van der Waals surface area contributed by atoms with Gasteiger partial charge in [-0.2, -0.15) is 18.3 Å². The molecule has 4 nitrogen and oxygen atoms in total. The van der Waals surface area contributed by atoms with Gasteiger partial charge in [0, 0.05) is 0 Å². The van der Waals surface area contributed by atoms with Crippen LogP contribution >= 0.6 is 0 Å². The van der Waals surface area contributed by atoms with Crippen LogP contribution in [0, 0.1) is 6.92 Å². The number of carbonyl (C=O) groups excluding carboxylic acids is 1. The minimum Gasteiger partial charge on any atom is -0.462 e. The lowest BCUT2D eigenvalue weighted by atomic mass is 10.2. The zero-order chi connectivity index (χ0) is 15.6. The Labute approximate surface area is 119 Å². The Morgan fingerprint density at radius 2 is 1.90 bits per heavy atom. The fraction of sp³-hybridized carbons (Fsp3) is 0.286. The van der Waals surface area contributed by atoms with Crippen molar-refractivity contribution in [2.75, 3.05) is 6.61 Å². The maximum absolute atomic E-state index is 12.5. The fourth-order valence-electron chi connectivity index (χ4n) is 1.87. The number of ether oxygens (including phenoxy) is 1. The molecule has 2 rings (SSSR count). The second-order valence-corrected chi connectivity index (χ2v) is 4.32. The van der Waals surface area contributed by atoms with Gasteiger partial charge in [0.25, 0.3) is 0 Å². The van der Waals surface area contributed by atoms with E-state index in [1.54, 1.807) is 13.8 Å². The Morgan fingerprint density at radius 1 is 1.29 bits per heavy atom. The van der Waals surface area contributed by atoms with Crippen molar-refractivity contribution in [1.29, 1.82) is 0 Å². The van der Waals surface area contributed by atoms with Crippen LogP contribution in [0.1, 0.15) is 28.5 Å². The second-order valence-electron chi connectivity index (χ2n) is 4.32. The van der Waals surface area contributed by atoms with Crippen LogP contribution in [0.5, 0.6) is 0 Å². The van der Waals surface area contributed by atoms with Gasteiger partial charge in [-0.05, 0) is 38.1 Å². The van der Waals surface area contributed by atoms with E-state index in [0.29, 0.717) is 11.4 Å². The van der Waals surface area contributed by atoms with Crippen molar-refractivity contribution in [3.63, 3.8) is 0 Å². The molecule has 0 aliphatic heterocycles. The number of alkyl halides is 3. The molecule has 0 aliphatic carbocycles. The molecular formula is C14H13F3N2O2. The van der Waals surface area contributed by atoms with E-state index in [4.69, 9.17) is 4.74 Å². The van der Waals surface area contributed by atoms with Gasteiger partial charge in [0.2, 0.25) is 0 Å². The summed E-state index contributed by atoms with van der Waals surface area (Å²) in [4.78, 5) is 11.7. The molecule has 0 radical (unpaired) electrons. The highest BCUT2D eigenvalue weighted by Crippen LogP contribution is 2.29. The molecule has 1 heterocycles. The number of carbonyl (C=O) groups is 1. The Morgan fingerprint density at radius 3 is 2.43 bits per heavy atom. The summed E-state index contributed by atoms with van der Waals surface area (Å²) in [5, 5.41) is 4.02. The van der Waals surface area contributed by atoms with Gasteiger partial charge in [-0.25, -0.2) is 9.48 Å². The van der Waals surface area contributed by atoms with Crippen LogP contribution < -0.4 is 0 Å². The van der Waals surface area contributed by atoms with Gasteiger partial charge in [-0.15, -0.1) is 0 Å². The van der Waals surface area contributed by atoms with E-state index in [1.807, 2.05) is 0 Å². The molecule has 0 saturated carbocycles. The van der Waals surface area contributed by atoms with Gasteiger partial charge in [0.15, 0.2) is 0 Å². The third-order valence-corrected chi connectivity index (χ3v) is 2.94. The molecule has 1 aromatic carbocycles. The fourth-order valence-corrected chi connectivity index (χ4v) is 1.87. The standard InChI is InChI=1S/C14H13F3N2O2/c1-3-21-13(20)12-8-18-19(9(12)2)11-6-4-10(5-7-11)14(15,16)17/h4-8H,3H2,1-2H3. The minimum atomic E-state index is -4.38. The molecule has 0 unspecified atom stereocenters. The van der Waals surface area contributed by atoms with Crippen LogP contribution in [0.2, 0.25) is 0 Å².